The van der Waals surface area contributed by atoms with Crippen LogP contribution in [0.5, 0.6) is 5.75 Å². The molecule has 0 bridgehead atoms. The third-order valence-corrected chi connectivity index (χ3v) is 5.42. The topological polar surface area (TPSA) is 134 Å². The van der Waals surface area contributed by atoms with Gasteiger partial charge in [0.1, 0.15) is 17.2 Å². The van der Waals surface area contributed by atoms with Crippen molar-refractivity contribution in [2.45, 2.75) is 45.3 Å². The zero-order valence-corrected chi connectivity index (χ0v) is 18.0. The number of hydrogen-bond acceptors (Lipinski definition) is 8. The molecule has 2 heterocycles. The van der Waals surface area contributed by atoms with E-state index in [4.69, 9.17) is 10.5 Å². The molecule has 32 heavy (non-hydrogen) atoms. The first-order valence-corrected chi connectivity index (χ1v) is 10.4. The molecule has 3 aromatic rings. The van der Waals surface area contributed by atoms with Gasteiger partial charge in [0.05, 0.1) is 13.7 Å². The van der Waals surface area contributed by atoms with Crippen LogP contribution in [0.1, 0.15) is 41.1 Å². The van der Waals surface area contributed by atoms with E-state index in [2.05, 4.69) is 30.7 Å². The maximum absolute atomic E-state index is 13.6. The molecule has 168 valence electrons. The minimum absolute atomic E-state index is 0.116. The molecule has 0 spiro atoms. The predicted octanol–water partition coefficient (Wildman–Crippen LogP) is 1.64. The van der Waals surface area contributed by atoms with Gasteiger partial charge in [0.25, 0.3) is 5.91 Å². The molecule has 2 aromatic heterocycles. The van der Waals surface area contributed by atoms with Crippen molar-refractivity contribution in [1.82, 2.24) is 35.5 Å². The van der Waals surface area contributed by atoms with Gasteiger partial charge in [0, 0.05) is 12.6 Å². The second-order valence-corrected chi connectivity index (χ2v) is 7.94. The quantitative estimate of drug-likeness (QED) is 0.566. The highest BCUT2D eigenvalue weighted by Gasteiger charge is 2.23. The second kappa shape index (κ2) is 9.35. The largest absolute Gasteiger partial charge is 0.494 e. The molecule has 0 radical (unpaired) electrons. The minimum Gasteiger partial charge on any atom is -0.494 e. The van der Waals surface area contributed by atoms with E-state index in [0.717, 1.165) is 19.3 Å². The monoisotopic (exact) mass is 440 g/mol. The van der Waals surface area contributed by atoms with Crippen LogP contribution in [0, 0.1) is 18.7 Å². The highest BCUT2D eigenvalue weighted by atomic mass is 19.1. The van der Waals surface area contributed by atoms with Crippen molar-refractivity contribution in [3.63, 3.8) is 0 Å². The SMILES string of the molecule is COc1cc(CNC(=O)c2cc(-c3nnn(CC4CC[C@@H](N)C4)n3)nc(C)n2)ccc1F. The van der Waals surface area contributed by atoms with E-state index >= 15 is 0 Å². The average Bonchev–Trinajstić information content (AvgIpc) is 3.41. The molecule has 1 aromatic carbocycles. The number of nitrogens with zero attached hydrogens (tertiary/aromatic N) is 6. The molecule has 10 nitrogen and oxygen atoms in total. The van der Waals surface area contributed by atoms with Crippen molar-refractivity contribution in [2.75, 3.05) is 7.11 Å². The third kappa shape index (κ3) is 5.05. The summed E-state index contributed by atoms with van der Waals surface area (Å²) >= 11 is 0. The van der Waals surface area contributed by atoms with Crippen LogP contribution in [0.15, 0.2) is 24.3 Å². The van der Waals surface area contributed by atoms with E-state index in [0.29, 0.717) is 35.4 Å². The van der Waals surface area contributed by atoms with Gasteiger partial charge in [-0.1, -0.05) is 6.07 Å². The lowest BCUT2D eigenvalue weighted by atomic mass is 10.1. The molecular formula is C21H25FN8O2. The summed E-state index contributed by atoms with van der Waals surface area (Å²) in [6.45, 7) is 2.53. The lowest BCUT2D eigenvalue weighted by molar-refractivity contribution is 0.0945. The van der Waals surface area contributed by atoms with Crippen molar-refractivity contribution < 1.29 is 13.9 Å². The molecule has 1 amide bonds. The fraction of sp³-hybridized carbons (Fsp3) is 0.429. The van der Waals surface area contributed by atoms with Crippen LogP contribution in [0.2, 0.25) is 0 Å². The van der Waals surface area contributed by atoms with E-state index in [1.165, 1.54) is 25.3 Å². The van der Waals surface area contributed by atoms with Gasteiger partial charge in [0.15, 0.2) is 11.6 Å². The fourth-order valence-corrected chi connectivity index (χ4v) is 3.82. The van der Waals surface area contributed by atoms with Gasteiger partial charge in [-0.25, -0.2) is 14.4 Å². The summed E-state index contributed by atoms with van der Waals surface area (Å²) in [7, 11) is 1.39. The Balaban J connectivity index is 1.45. The van der Waals surface area contributed by atoms with Gasteiger partial charge < -0.3 is 15.8 Å². The van der Waals surface area contributed by atoms with Crippen molar-refractivity contribution in [3.8, 4) is 17.3 Å². The van der Waals surface area contributed by atoms with Crippen LogP contribution < -0.4 is 15.8 Å². The second-order valence-electron chi connectivity index (χ2n) is 7.94. The summed E-state index contributed by atoms with van der Waals surface area (Å²) in [6.07, 6.45) is 3.02. The summed E-state index contributed by atoms with van der Waals surface area (Å²) in [5.41, 5.74) is 7.27. The first-order chi connectivity index (χ1) is 15.4. The summed E-state index contributed by atoms with van der Waals surface area (Å²) in [5, 5.41) is 15.4. The Labute approximate surface area is 184 Å². The van der Waals surface area contributed by atoms with Crippen LogP contribution in [-0.2, 0) is 13.1 Å². The molecule has 1 unspecified atom stereocenters. The molecule has 4 rings (SSSR count). The van der Waals surface area contributed by atoms with E-state index < -0.39 is 11.7 Å². The average molecular weight is 440 g/mol. The number of ether oxygens (including phenoxy) is 1. The predicted molar refractivity (Wildman–Crippen MR) is 113 cm³/mol. The van der Waals surface area contributed by atoms with Gasteiger partial charge in [-0.05, 0) is 61.1 Å². The number of methoxy groups -OCH3 is 1. The van der Waals surface area contributed by atoms with E-state index in [-0.39, 0.29) is 24.0 Å². The lowest BCUT2D eigenvalue weighted by Crippen LogP contribution is -2.24. The smallest absolute Gasteiger partial charge is 0.270 e. The highest BCUT2D eigenvalue weighted by molar-refractivity contribution is 5.93. The fourth-order valence-electron chi connectivity index (χ4n) is 3.82. The van der Waals surface area contributed by atoms with Crippen LogP contribution in [0.25, 0.3) is 11.5 Å². The number of aryl methyl sites for hydroxylation is 1. The van der Waals surface area contributed by atoms with Crippen molar-refractivity contribution >= 4 is 5.91 Å². The Bertz CT molecular complexity index is 1120. The number of halogens is 1. The zero-order chi connectivity index (χ0) is 22.7. The molecule has 1 aliphatic rings. The van der Waals surface area contributed by atoms with Gasteiger partial charge in [-0.15, -0.1) is 10.2 Å². The maximum Gasteiger partial charge on any atom is 0.270 e. The normalized spacial score (nSPS) is 18.0. The first-order valence-electron chi connectivity index (χ1n) is 10.4. The van der Waals surface area contributed by atoms with E-state index in [1.54, 1.807) is 17.8 Å². The van der Waals surface area contributed by atoms with E-state index in [9.17, 15) is 9.18 Å². The summed E-state index contributed by atoms with van der Waals surface area (Å²) in [5.74, 6) is 0.433. The number of carbonyl (C=O) groups excluding carboxylic acids is 1. The minimum atomic E-state index is -0.463. The molecule has 3 N–H and O–H groups in total. The van der Waals surface area contributed by atoms with Crippen LogP contribution in [-0.4, -0.2) is 49.2 Å². The number of nitrogens with one attached hydrogen (secondary N) is 1. The molecule has 1 saturated carbocycles. The third-order valence-electron chi connectivity index (χ3n) is 5.42. The molecule has 1 aliphatic carbocycles. The number of hydrogen-bond donors (Lipinski definition) is 2. The number of carbonyl (C=O) groups is 1. The van der Waals surface area contributed by atoms with Gasteiger partial charge in [-0.2, -0.15) is 4.80 Å². The molecule has 11 heteroatoms. The Hall–Kier alpha value is -3.47. The standard InChI is InChI=1S/C21H25FN8O2/c1-12-25-17(20-27-29-30(28-20)11-14-3-5-15(23)7-14)9-18(26-12)21(31)24-10-13-4-6-16(22)19(8-13)32-2/h4,6,8-9,14-15H,3,5,7,10-11,23H2,1-2H3,(H,24,31)/t14?,15-/m1/s1. The van der Waals surface area contributed by atoms with Gasteiger partial charge in [-0.3, -0.25) is 4.79 Å². The first kappa shape index (κ1) is 21.8. The van der Waals surface area contributed by atoms with Crippen molar-refractivity contribution in [2.24, 2.45) is 11.7 Å². The summed E-state index contributed by atoms with van der Waals surface area (Å²) in [6, 6.07) is 6.17. The van der Waals surface area contributed by atoms with E-state index in [1.807, 2.05) is 0 Å². The summed E-state index contributed by atoms with van der Waals surface area (Å²) < 4.78 is 18.5. The maximum atomic E-state index is 13.6. The highest BCUT2D eigenvalue weighted by Crippen LogP contribution is 2.25. The van der Waals surface area contributed by atoms with Gasteiger partial charge in [0.2, 0.25) is 5.82 Å². The number of aromatic nitrogens is 6. The number of benzene rings is 1. The van der Waals surface area contributed by atoms with Crippen LogP contribution in [0.4, 0.5) is 4.39 Å². The Morgan fingerprint density at radius 2 is 2.16 bits per heavy atom. The Kier molecular flexibility index (Phi) is 6.35. The lowest BCUT2D eigenvalue weighted by Gasteiger charge is -2.08. The number of tetrazole rings is 1. The molecule has 2 atom stereocenters. The zero-order valence-electron chi connectivity index (χ0n) is 18.0. The molecule has 1 fully saturated rings. The number of amides is 1. The Morgan fingerprint density at radius 3 is 2.91 bits per heavy atom. The molecular weight excluding hydrogens is 415 g/mol. The number of rotatable bonds is 7. The van der Waals surface area contributed by atoms with Crippen molar-refractivity contribution in [3.05, 3.63) is 47.2 Å². The van der Waals surface area contributed by atoms with Crippen LogP contribution >= 0.6 is 0 Å². The van der Waals surface area contributed by atoms with Crippen LogP contribution in [0.3, 0.4) is 0 Å². The number of nitrogens with two attached hydrogens (primary N) is 1. The molecule has 0 aliphatic heterocycles. The van der Waals surface area contributed by atoms with Crippen molar-refractivity contribution in [1.29, 1.82) is 0 Å². The Morgan fingerprint density at radius 1 is 1.31 bits per heavy atom. The molecule has 0 saturated heterocycles. The van der Waals surface area contributed by atoms with Gasteiger partial charge >= 0.3 is 0 Å². The summed E-state index contributed by atoms with van der Waals surface area (Å²) in [4.78, 5) is 22.8.